The molecule has 1 aromatic heterocycles. The summed E-state index contributed by atoms with van der Waals surface area (Å²) < 4.78 is 29.4. The number of halogens is 3. The predicted molar refractivity (Wildman–Crippen MR) is 99.2 cm³/mol. The molecule has 1 aromatic carbocycles. The molecule has 2 aromatic rings. The first-order valence-corrected chi connectivity index (χ1v) is 10.5. The number of hydrogen-bond donors (Lipinski definition) is 0. The van der Waals surface area contributed by atoms with Gasteiger partial charge in [-0.15, -0.1) is 10.2 Å². The first-order valence-electron chi connectivity index (χ1n) is 7.48. The Balaban J connectivity index is 1.73. The van der Waals surface area contributed by atoms with Crippen molar-refractivity contribution in [2.75, 3.05) is 26.2 Å². The van der Waals surface area contributed by atoms with Crippen molar-refractivity contribution in [2.45, 2.75) is 11.6 Å². The van der Waals surface area contributed by atoms with Gasteiger partial charge in [-0.05, 0) is 12.1 Å². The van der Waals surface area contributed by atoms with Gasteiger partial charge in [-0.1, -0.05) is 39.1 Å². The normalized spacial score (nSPS) is 16.5. The van der Waals surface area contributed by atoms with Crippen molar-refractivity contribution in [3.05, 3.63) is 38.8 Å². The first-order chi connectivity index (χ1) is 12.3. The van der Waals surface area contributed by atoms with Crippen molar-refractivity contribution in [1.82, 2.24) is 24.0 Å². The van der Waals surface area contributed by atoms with Gasteiger partial charge in [-0.25, -0.2) is 8.42 Å². The molecule has 26 heavy (non-hydrogen) atoms. The summed E-state index contributed by atoms with van der Waals surface area (Å²) in [7, 11) is -3.80. The largest absolute Gasteiger partial charge is 0.291 e. The van der Waals surface area contributed by atoms with Crippen LogP contribution in [0.15, 0.2) is 27.8 Å². The molecule has 0 spiro atoms. The van der Waals surface area contributed by atoms with Crippen molar-refractivity contribution in [3.63, 3.8) is 0 Å². The van der Waals surface area contributed by atoms with E-state index in [0.29, 0.717) is 24.2 Å². The van der Waals surface area contributed by atoms with Gasteiger partial charge in [0, 0.05) is 30.7 Å². The monoisotopic (exact) mass is 478 g/mol. The van der Waals surface area contributed by atoms with E-state index in [1.807, 2.05) is 11.0 Å². The Morgan fingerprint density at radius 1 is 1.19 bits per heavy atom. The number of benzene rings is 1. The van der Waals surface area contributed by atoms with Crippen LogP contribution in [0.1, 0.15) is 5.82 Å². The summed E-state index contributed by atoms with van der Waals surface area (Å²) in [5.74, 6) is 0.216. The van der Waals surface area contributed by atoms with Crippen LogP contribution in [-0.4, -0.2) is 58.6 Å². The fraction of sp³-hybridized carbons (Fsp3) is 0.357. The molecular formula is C14H13BrCl2N6O2S. The minimum atomic E-state index is -3.80. The zero-order valence-electron chi connectivity index (χ0n) is 13.3. The fourth-order valence-electron chi connectivity index (χ4n) is 2.68. The number of rotatable bonds is 4. The molecule has 3 rings (SSSR count). The van der Waals surface area contributed by atoms with E-state index in [2.05, 4.69) is 26.1 Å². The summed E-state index contributed by atoms with van der Waals surface area (Å²) in [4.78, 5) is 1.93. The summed E-state index contributed by atoms with van der Waals surface area (Å²) in [6, 6.07) is 4.97. The van der Waals surface area contributed by atoms with Crippen LogP contribution in [0.2, 0.25) is 10.0 Å². The molecule has 1 aliphatic heterocycles. The highest BCUT2D eigenvalue weighted by Crippen LogP contribution is 2.35. The van der Waals surface area contributed by atoms with Crippen molar-refractivity contribution in [1.29, 1.82) is 5.26 Å². The molecular weight excluding hydrogens is 467 g/mol. The average Bonchev–Trinajstić information content (AvgIpc) is 3.01. The molecule has 0 saturated carbocycles. The van der Waals surface area contributed by atoms with Gasteiger partial charge in [0.15, 0.2) is 0 Å². The van der Waals surface area contributed by atoms with Crippen LogP contribution in [0.25, 0.3) is 0 Å². The predicted octanol–water partition coefficient (Wildman–Crippen LogP) is 2.18. The fourth-order valence-corrected chi connectivity index (χ4v) is 5.98. The van der Waals surface area contributed by atoms with Gasteiger partial charge >= 0.3 is 0 Å². The second-order valence-electron chi connectivity index (χ2n) is 5.60. The quantitative estimate of drug-likeness (QED) is 0.666. The zero-order chi connectivity index (χ0) is 18.9. The number of nitrogens with zero attached hydrogens (tertiary/aromatic N) is 6. The lowest BCUT2D eigenvalue weighted by Crippen LogP contribution is -2.49. The lowest BCUT2D eigenvalue weighted by atomic mass is 10.4. The van der Waals surface area contributed by atoms with E-state index in [1.165, 1.54) is 22.8 Å². The van der Waals surface area contributed by atoms with Gasteiger partial charge in [0.2, 0.25) is 15.8 Å². The van der Waals surface area contributed by atoms with Crippen LogP contribution >= 0.6 is 39.1 Å². The molecule has 1 saturated heterocycles. The molecule has 1 fully saturated rings. The van der Waals surface area contributed by atoms with E-state index in [0.717, 1.165) is 0 Å². The van der Waals surface area contributed by atoms with Crippen LogP contribution in [-0.2, 0) is 16.7 Å². The molecule has 0 unspecified atom stereocenters. The number of sulfonamides is 1. The van der Waals surface area contributed by atoms with Crippen LogP contribution in [0, 0.1) is 11.3 Å². The SMILES string of the molecule is N#Cc1nncn1CN1CCN(S(=O)(=O)c2c(Cl)cc(Br)cc2Cl)CC1. The van der Waals surface area contributed by atoms with Crippen molar-refractivity contribution in [2.24, 2.45) is 0 Å². The number of piperazine rings is 1. The molecule has 0 aliphatic carbocycles. The van der Waals surface area contributed by atoms with Gasteiger partial charge in [0.25, 0.3) is 0 Å². The van der Waals surface area contributed by atoms with Crippen LogP contribution in [0.4, 0.5) is 0 Å². The first kappa shape index (κ1) is 19.5. The van der Waals surface area contributed by atoms with Gasteiger partial charge in [-0.3, -0.25) is 9.47 Å². The van der Waals surface area contributed by atoms with E-state index in [9.17, 15) is 8.42 Å². The highest BCUT2D eigenvalue weighted by Gasteiger charge is 2.32. The molecule has 0 radical (unpaired) electrons. The average molecular weight is 480 g/mol. The molecule has 138 valence electrons. The molecule has 12 heteroatoms. The summed E-state index contributed by atoms with van der Waals surface area (Å²) in [5, 5.41) is 16.5. The van der Waals surface area contributed by atoms with E-state index >= 15 is 0 Å². The molecule has 0 amide bonds. The van der Waals surface area contributed by atoms with Crippen LogP contribution < -0.4 is 0 Å². The Morgan fingerprint density at radius 3 is 2.38 bits per heavy atom. The molecule has 0 N–H and O–H groups in total. The minimum absolute atomic E-state index is 0.0787. The summed E-state index contributed by atoms with van der Waals surface area (Å²) >= 11 is 15.5. The molecule has 2 heterocycles. The van der Waals surface area contributed by atoms with E-state index in [1.54, 1.807) is 4.57 Å². The third-order valence-corrected chi connectivity index (χ3v) is 7.24. The maximum Gasteiger partial charge on any atom is 0.246 e. The Labute approximate surface area is 169 Å². The third-order valence-electron chi connectivity index (χ3n) is 3.96. The Hall–Kier alpha value is -1.22. The van der Waals surface area contributed by atoms with Gasteiger partial charge in [0.1, 0.15) is 17.3 Å². The minimum Gasteiger partial charge on any atom is -0.291 e. The Kier molecular flexibility index (Phi) is 5.86. The van der Waals surface area contributed by atoms with Crippen molar-refractivity contribution >= 4 is 49.2 Å². The molecule has 1 aliphatic rings. The van der Waals surface area contributed by atoms with E-state index < -0.39 is 10.0 Å². The lowest BCUT2D eigenvalue weighted by Gasteiger charge is -2.34. The maximum absolute atomic E-state index is 12.9. The second-order valence-corrected chi connectivity index (χ2v) is 9.20. The zero-order valence-corrected chi connectivity index (χ0v) is 17.2. The standard InChI is InChI=1S/C14H13BrCl2N6O2S/c15-10-5-11(16)14(12(17)6-10)26(24,25)23-3-1-21(2-4-23)9-22-8-19-20-13(22)7-18/h5-6,8H,1-4,9H2. The number of nitriles is 1. The van der Waals surface area contributed by atoms with Gasteiger partial charge in [0.05, 0.1) is 16.7 Å². The van der Waals surface area contributed by atoms with Crippen LogP contribution in [0.5, 0.6) is 0 Å². The highest BCUT2D eigenvalue weighted by molar-refractivity contribution is 9.10. The summed E-state index contributed by atoms with van der Waals surface area (Å²) in [6.45, 7) is 1.98. The highest BCUT2D eigenvalue weighted by atomic mass is 79.9. The second kappa shape index (κ2) is 7.80. The van der Waals surface area contributed by atoms with Crippen LogP contribution in [0.3, 0.4) is 0 Å². The smallest absolute Gasteiger partial charge is 0.246 e. The third kappa shape index (κ3) is 3.88. The summed E-state index contributed by atoms with van der Waals surface area (Å²) in [6.07, 6.45) is 1.48. The Morgan fingerprint density at radius 2 is 1.81 bits per heavy atom. The van der Waals surface area contributed by atoms with E-state index in [4.69, 9.17) is 28.5 Å². The van der Waals surface area contributed by atoms with Gasteiger partial charge in [-0.2, -0.15) is 9.57 Å². The molecule has 8 nitrogen and oxygen atoms in total. The molecule has 0 atom stereocenters. The van der Waals surface area contributed by atoms with Gasteiger partial charge < -0.3 is 0 Å². The maximum atomic E-state index is 12.9. The number of hydrogen-bond acceptors (Lipinski definition) is 6. The topological polar surface area (TPSA) is 95.1 Å². The molecule has 0 bridgehead atoms. The van der Waals surface area contributed by atoms with E-state index in [-0.39, 0.29) is 33.9 Å². The summed E-state index contributed by atoms with van der Waals surface area (Å²) in [5.41, 5.74) is 0. The Bertz CT molecular complexity index is 943. The lowest BCUT2D eigenvalue weighted by molar-refractivity contribution is 0.151. The van der Waals surface area contributed by atoms with Crippen molar-refractivity contribution < 1.29 is 8.42 Å². The van der Waals surface area contributed by atoms with Crippen molar-refractivity contribution in [3.8, 4) is 6.07 Å². The number of aromatic nitrogens is 3.